The molecule has 0 amide bonds. The van der Waals surface area contributed by atoms with Crippen LogP contribution in [0.1, 0.15) is 12.3 Å². The van der Waals surface area contributed by atoms with E-state index in [1.165, 1.54) is 0 Å². The van der Waals surface area contributed by atoms with E-state index in [4.69, 9.17) is 4.42 Å². The van der Waals surface area contributed by atoms with Gasteiger partial charge in [-0.2, -0.15) is 0 Å². The molecule has 21 heavy (non-hydrogen) atoms. The fraction of sp³-hybridized carbons (Fsp3) is 0.467. The summed E-state index contributed by atoms with van der Waals surface area (Å²) in [5, 5.41) is 8.03. The SMILES string of the molecule is FC1(F)C2CCN(Cc3nnc(-c4ccccc4)o3)CC21. The molecule has 2 fully saturated rings. The molecule has 1 saturated heterocycles. The molecule has 1 aliphatic carbocycles. The van der Waals surface area contributed by atoms with Gasteiger partial charge in [0.2, 0.25) is 11.8 Å². The Morgan fingerprint density at radius 2 is 2.00 bits per heavy atom. The molecule has 1 saturated carbocycles. The minimum Gasteiger partial charge on any atom is -0.419 e. The number of likely N-dealkylation sites (tertiary alicyclic amines) is 1. The van der Waals surface area contributed by atoms with Gasteiger partial charge in [0.25, 0.3) is 5.92 Å². The van der Waals surface area contributed by atoms with Gasteiger partial charge in [0.15, 0.2) is 0 Å². The van der Waals surface area contributed by atoms with Crippen molar-refractivity contribution < 1.29 is 13.2 Å². The topological polar surface area (TPSA) is 42.2 Å². The van der Waals surface area contributed by atoms with Gasteiger partial charge in [-0.05, 0) is 25.1 Å². The molecule has 0 spiro atoms. The fourth-order valence-corrected chi connectivity index (χ4v) is 3.14. The minimum atomic E-state index is -2.46. The van der Waals surface area contributed by atoms with E-state index in [1.54, 1.807) is 0 Å². The van der Waals surface area contributed by atoms with Crippen molar-refractivity contribution in [2.75, 3.05) is 13.1 Å². The van der Waals surface area contributed by atoms with Gasteiger partial charge in [-0.1, -0.05) is 18.2 Å². The van der Waals surface area contributed by atoms with Crippen LogP contribution < -0.4 is 0 Å². The summed E-state index contributed by atoms with van der Waals surface area (Å²) in [5.41, 5.74) is 0.865. The van der Waals surface area contributed by atoms with Gasteiger partial charge in [0.1, 0.15) is 0 Å². The van der Waals surface area contributed by atoms with Crippen molar-refractivity contribution in [3.8, 4) is 11.5 Å². The van der Waals surface area contributed by atoms with Crippen LogP contribution in [0.3, 0.4) is 0 Å². The molecule has 0 N–H and O–H groups in total. The minimum absolute atomic E-state index is 0.406. The van der Waals surface area contributed by atoms with Crippen LogP contribution in [0, 0.1) is 11.8 Å². The third-order valence-corrected chi connectivity index (χ3v) is 4.42. The Morgan fingerprint density at radius 1 is 1.19 bits per heavy atom. The van der Waals surface area contributed by atoms with Gasteiger partial charge in [-0.25, -0.2) is 8.78 Å². The van der Waals surface area contributed by atoms with Gasteiger partial charge in [0, 0.05) is 23.9 Å². The summed E-state index contributed by atoms with van der Waals surface area (Å²) in [6.45, 7) is 1.53. The lowest BCUT2D eigenvalue weighted by molar-refractivity contribution is 0.0840. The molecule has 2 aliphatic rings. The Labute approximate surface area is 120 Å². The highest BCUT2D eigenvalue weighted by Gasteiger charge is 2.68. The zero-order valence-electron chi connectivity index (χ0n) is 11.4. The Kier molecular flexibility index (Phi) is 2.82. The zero-order chi connectivity index (χ0) is 14.4. The highest BCUT2D eigenvalue weighted by molar-refractivity contribution is 5.51. The van der Waals surface area contributed by atoms with Crippen LogP contribution in [0.2, 0.25) is 0 Å². The van der Waals surface area contributed by atoms with Crippen molar-refractivity contribution >= 4 is 0 Å². The second-order valence-electron chi connectivity index (χ2n) is 5.78. The number of hydrogen-bond acceptors (Lipinski definition) is 4. The maximum Gasteiger partial charge on any atom is 0.255 e. The van der Waals surface area contributed by atoms with E-state index in [1.807, 2.05) is 35.2 Å². The van der Waals surface area contributed by atoms with E-state index >= 15 is 0 Å². The van der Waals surface area contributed by atoms with Crippen LogP contribution in [0.4, 0.5) is 8.78 Å². The second kappa shape index (κ2) is 4.59. The summed E-state index contributed by atoms with van der Waals surface area (Å²) in [4.78, 5) is 1.98. The summed E-state index contributed by atoms with van der Waals surface area (Å²) in [5.74, 6) is -2.40. The molecule has 1 aliphatic heterocycles. The van der Waals surface area contributed by atoms with E-state index in [2.05, 4.69) is 10.2 Å². The number of fused-ring (bicyclic) bond motifs is 1. The van der Waals surface area contributed by atoms with E-state index in [-0.39, 0.29) is 0 Å². The average molecular weight is 291 g/mol. The fourth-order valence-electron chi connectivity index (χ4n) is 3.14. The summed E-state index contributed by atoms with van der Waals surface area (Å²) < 4.78 is 32.3. The Bertz CT molecular complexity index is 643. The highest BCUT2D eigenvalue weighted by Crippen LogP contribution is 2.59. The first-order chi connectivity index (χ1) is 10.1. The number of aromatic nitrogens is 2. The van der Waals surface area contributed by atoms with E-state index in [0.29, 0.717) is 37.8 Å². The molecule has 2 heterocycles. The number of alkyl halides is 2. The number of rotatable bonds is 3. The molecular formula is C15H15F2N3O. The third kappa shape index (κ3) is 2.23. The lowest BCUT2D eigenvalue weighted by Gasteiger charge is -2.23. The monoisotopic (exact) mass is 291 g/mol. The normalized spacial score (nSPS) is 27.3. The lowest BCUT2D eigenvalue weighted by atomic mass is 10.1. The molecule has 4 rings (SSSR count). The van der Waals surface area contributed by atoms with Crippen molar-refractivity contribution in [2.45, 2.75) is 18.9 Å². The molecule has 2 aromatic rings. The van der Waals surface area contributed by atoms with E-state index < -0.39 is 17.8 Å². The summed E-state index contributed by atoms with van der Waals surface area (Å²) in [7, 11) is 0. The van der Waals surface area contributed by atoms with Crippen LogP contribution in [-0.2, 0) is 6.54 Å². The van der Waals surface area contributed by atoms with Crippen LogP contribution in [-0.4, -0.2) is 34.1 Å². The molecule has 0 bridgehead atoms. The van der Waals surface area contributed by atoms with Crippen LogP contribution in [0.15, 0.2) is 34.7 Å². The molecule has 1 aromatic heterocycles. The molecule has 0 radical (unpaired) electrons. The van der Waals surface area contributed by atoms with E-state index in [0.717, 1.165) is 5.56 Å². The van der Waals surface area contributed by atoms with Crippen molar-refractivity contribution in [2.24, 2.45) is 11.8 Å². The third-order valence-electron chi connectivity index (χ3n) is 4.42. The summed E-state index contributed by atoms with van der Waals surface area (Å²) in [6, 6.07) is 9.51. The van der Waals surface area contributed by atoms with Crippen molar-refractivity contribution in [1.29, 1.82) is 0 Å². The number of nitrogens with zero attached hydrogens (tertiary/aromatic N) is 3. The second-order valence-corrected chi connectivity index (χ2v) is 5.78. The first kappa shape index (κ1) is 12.9. The smallest absolute Gasteiger partial charge is 0.255 e. The number of halogens is 2. The van der Waals surface area contributed by atoms with Gasteiger partial charge < -0.3 is 4.42 Å². The average Bonchev–Trinajstić information content (AvgIpc) is 2.87. The van der Waals surface area contributed by atoms with Gasteiger partial charge in [-0.15, -0.1) is 10.2 Å². The van der Waals surface area contributed by atoms with Gasteiger partial charge in [0.05, 0.1) is 6.54 Å². The van der Waals surface area contributed by atoms with Crippen molar-refractivity contribution in [3.05, 3.63) is 36.2 Å². The predicted octanol–water partition coefficient (Wildman–Crippen LogP) is 2.82. The summed E-state index contributed by atoms with van der Waals surface area (Å²) >= 11 is 0. The number of hydrogen-bond donors (Lipinski definition) is 0. The molecule has 110 valence electrons. The summed E-state index contributed by atoms with van der Waals surface area (Å²) in [6.07, 6.45) is 0.553. The molecule has 4 nitrogen and oxygen atoms in total. The number of benzene rings is 1. The predicted molar refractivity (Wildman–Crippen MR) is 71.6 cm³/mol. The molecule has 1 aromatic carbocycles. The standard InChI is InChI=1S/C15H15F2N3O/c16-15(17)11-6-7-20(8-12(11)15)9-13-18-19-14(21-13)10-4-2-1-3-5-10/h1-5,11-12H,6-9H2. The van der Waals surface area contributed by atoms with Crippen LogP contribution >= 0.6 is 0 Å². The number of piperidine rings is 1. The van der Waals surface area contributed by atoms with Crippen molar-refractivity contribution in [1.82, 2.24) is 15.1 Å². The highest BCUT2D eigenvalue weighted by atomic mass is 19.3. The Hall–Kier alpha value is -1.82. The quantitative estimate of drug-likeness (QED) is 0.872. The maximum absolute atomic E-state index is 13.4. The van der Waals surface area contributed by atoms with Gasteiger partial charge >= 0.3 is 0 Å². The lowest BCUT2D eigenvalue weighted by Crippen LogP contribution is -2.31. The molecule has 6 heteroatoms. The van der Waals surface area contributed by atoms with Gasteiger partial charge in [-0.3, -0.25) is 4.90 Å². The van der Waals surface area contributed by atoms with Crippen molar-refractivity contribution in [3.63, 3.8) is 0 Å². The first-order valence-corrected chi connectivity index (χ1v) is 7.12. The van der Waals surface area contributed by atoms with E-state index in [9.17, 15) is 8.78 Å². The van der Waals surface area contributed by atoms with Crippen LogP contribution in [0.25, 0.3) is 11.5 Å². The maximum atomic E-state index is 13.4. The molecule has 2 atom stereocenters. The van der Waals surface area contributed by atoms with Crippen LogP contribution in [0.5, 0.6) is 0 Å². The Morgan fingerprint density at radius 3 is 2.76 bits per heavy atom. The largest absolute Gasteiger partial charge is 0.419 e. The Balaban J connectivity index is 1.43. The zero-order valence-corrected chi connectivity index (χ0v) is 11.4. The first-order valence-electron chi connectivity index (χ1n) is 7.12. The molecule has 2 unspecified atom stereocenters. The molecular weight excluding hydrogens is 276 g/mol.